The zero-order valence-corrected chi connectivity index (χ0v) is 12.7. The summed E-state index contributed by atoms with van der Waals surface area (Å²) in [6, 6.07) is 7.97. The molecule has 0 amide bonds. The van der Waals surface area contributed by atoms with Crippen LogP contribution in [0.3, 0.4) is 0 Å². The highest BCUT2D eigenvalue weighted by Crippen LogP contribution is 2.20. The minimum atomic E-state index is -0.717. The molecule has 1 aromatic carbocycles. The van der Waals surface area contributed by atoms with Gasteiger partial charge in [-0.1, -0.05) is 5.92 Å². The lowest BCUT2D eigenvalue weighted by Gasteiger charge is -2.36. The molecule has 0 aliphatic carbocycles. The number of carboxylic acids is 1. The summed E-state index contributed by atoms with van der Waals surface area (Å²) < 4.78 is 5.37. The molecule has 0 radical (unpaired) electrons. The SMILES string of the molecule is C#CCOc1ccc(N2CCN(CCCC(=O)O)CC2)cc1. The molecule has 2 rings (SSSR count). The van der Waals surface area contributed by atoms with Crippen molar-refractivity contribution in [3.63, 3.8) is 0 Å². The summed E-state index contributed by atoms with van der Waals surface area (Å²) in [6.07, 6.45) is 6.14. The number of aliphatic carboxylic acids is 1. The number of piperazine rings is 1. The topological polar surface area (TPSA) is 53.0 Å². The van der Waals surface area contributed by atoms with Crippen LogP contribution in [-0.2, 0) is 4.79 Å². The summed E-state index contributed by atoms with van der Waals surface area (Å²) in [4.78, 5) is 15.2. The highest BCUT2D eigenvalue weighted by atomic mass is 16.5. The second-order valence-corrected chi connectivity index (χ2v) is 5.31. The Balaban J connectivity index is 1.76. The second-order valence-electron chi connectivity index (χ2n) is 5.31. The van der Waals surface area contributed by atoms with Crippen molar-refractivity contribution < 1.29 is 14.6 Å². The number of benzene rings is 1. The fraction of sp³-hybridized carbons (Fsp3) is 0.471. The van der Waals surface area contributed by atoms with Gasteiger partial charge < -0.3 is 14.7 Å². The minimum Gasteiger partial charge on any atom is -0.481 e. The molecule has 0 unspecified atom stereocenters. The third-order valence-corrected chi connectivity index (χ3v) is 3.76. The van der Waals surface area contributed by atoms with Crippen LogP contribution in [0.25, 0.3) is 0 Å². The Morgan fingerprint density at radius 2 is 1.91 bits per heavy atom. The number of terminal acetylenes is 1. The maximum absolute atomic E-state index is 10.5. The second kappa shape index (κ2) is 8.30. The molecular weight excluding hydrogens is 280 g/mol. The van der Waals surface area contributed by atoms with Crippen LogP contribution < -0.4 is 9.64 Å². The van der Waals surface area contributed by atoms with Crippen LogP contribution in [0.4, 0.5) is 5.69 Å². The molecule has 0 saturated carbocycles. The predicted molar refractivity (Wildman–Crippen MR) is 86.3 cm³/mol. The molecule has 1 fully saturated rings. The lowest BCUT2D eigenvalue weighted by molar-refractivity contribution is -0.137. The van der Waals surface area contributed by atoms with E-state index in [4.69, 9.17) is 16.3 Å². The highest BCUT2D eigenvalue weighted by Gasteiger charge is 2.17. The molecule has 22 heavy (non-hydrogen) atoms. The largest absolute Gasteiger partial charge is 0.481 e. The van der Waals surface area contributed by atoms with E-state index in [9.17, 15) is 4.79 Å². The number of carboxylic acid groups (broad SMARTS) is 1. The van der Waals surface area contributed by atoms with Crippen molar-refractivity contribution in [2.75, 3.05) is 44.2 Å². The van der Waals surface area contributed by atoms with Crippen molar-refractivity contribution in [3.8, 4) is 18.1 Å². The molecule has 1 saturated heterocycles. The Labute approximate surface area is 131 Å². The van der Waals surface area contributed by atoms with Gasteiger partial charge in [0.1, 0.15) is 12.4 Å². The zero-order chi connectivity index (χ0) is 15.8. The van der Waals surface area contributed by atoms with Crippen molar-refractivity contribution in [1.29, 1.82) is 0 Å². The van der Waals surface area contributed by atoms with E-state index in [1.807, 2.05) is 24.3 Å². The predicted octanol–water partition coefficient (Wildman–Crippen LogP) is 1.69. The van der Waals surface area contributed by atoms with Gasteiger partial charge in [-0.25, -0.2) is 0 Å². The van der Waals surface area contributed by atoms with Crippen LogP contribution in [0.1, 0.15) is 12.8 Å². The normalized spacial score (nSPS) is 15.3. The Hall–Kier alpha value is -2.19. The van der Waals surface area contributed by atoms with E-state index in [-0.39, 0.29) is 13.0 Å². The van der Waals surface area contributed by atoms with Crippen molar-refractivity contribution in [2.45, 2.75) is 12.8 Å². The number of carbonyl (C=O) groups is 1. The van der Waals surface area contributed by atoms with E-state index in [2.05, 4.69) is 15.7 Å². The third-order valence-electron chi connectivity index (χ3n) is 3.76. The van der Waals surface area contributed by atoms with Gasteiger partial charge in [-0.05, 0) is 37.2 Å². The van der Waals surface area contributed by atoms with E-state index < -0.39 is 5.97 Å². The average molecular weight is 302 g/mol. The van der Waals surface area contributed by atoms with Gasteiger partial charge >= 0.3 is 5.97 Å². The molecule has 1 aliphatic rings. The number of ether oxygens (including phenoxy) is 1. The van der Waals surface area contributed by atoms with Crippen LogP contribution >= 0.6 is 0 Å². The van der Waals surface area contributed by atoms with Gasteiger partial charge in [-0.2, -0.15) is 0 Å². The fourth-order valence-corrected chi connectivity index (χ4v) is 2.56. The summed E-state index contributed by atoms with van der Waals surface area (Å²) in [5.74, 6) is 2.52. The lowest BCUT2D eigenvalue weighted by Crippen LogP contribution is -2.46. The standard InChI is InChI=1S/C17H22N2O3/c1-2-14-22-16-7-5-15(6-8-16)19-12-10-18(11-13-19)9-3-4-17(20)21/h1,5-8H,3-4,9-14H2,(H,20,21). The number of hydrogen-bond acceptors (Lipinski definition) is 4. The number of anilines is 1. The van der Waals surface area contributed by atoms with Gasteiger partial charge in [0, 0.05) is 38.3 Å². The Morgan fingerprint density at radius 1 is 1.23 bits per heavy atom. The average Bonchev–Trinajstić information content (AvgIpc) is 2.54. The molecule has 1 aromatic rings. The maximum Gasteiger partial charge on any atom is 0.303 e. The first-order valence-electron chi connectivity index (χ1n) is 7.54. The number of hydrogen-bond donors (Lipinski definition) is 1. The van der Waals surface area contributed by atoms with Crippen molar-refractivity contribution in [3.05, 3.63) is 24.3 Å². The van der Waals surface area contributed by atoms with Gasteiger partial charge in [0.25, 0.3) is 0 Å². The molecule has 5 nitrogen and oxygen atoms in total. The smallest absolute Gasteiger partial charge is 0.303 e. The number of nitrogens with zero attached hydrogens (tertiary/aromatic N) is 2. The lowest BCUT2D eigenvalue weighted by atomic mass is 10.2. The minimum absolute atomic E-state index is 0.249. The van der Waals surface area contributed by atoms with E-state index in [0.29, 0.717) is 0 Å². The zero-order valence-electron chi connectivity index (χ0n) is 12.7. The summed E-state index contributed by atoms with van der Waals surface area (Å²) in [6.45, 7) is 4.99. The molecule has 0 atom stereocenters. The van der Waals surface area contributed by atoms with E-state index in [0.717, 1.165) is 44.9 Å². The van der Waals surface area contributed by atoms with E-state index >= 15 is 0 Å². The van der Waals surface area contributed by atoms with Crippen LogP contribution in [0.5, 0.6) is 5.75 Å². The van der Waals surface area contributed by atoms with Gasteiger partial charge in [0.2, 0.25) is 0 Å². The molecule has 0 spiro atoms. The first kappa shape index (κ1) is 16.2. The Morgan fingerprint density at radius 3 is 2.50 bits per heavy atom. The summed E-state index contributed by atoms with van der Waals surface area (Å²) in [5, 5.41) is 8.66. The monoisotopic (exact) mass is 302 g/mol. The van der Waals surface area contributed by atoms with Crippen LogP contribution in [0.2, 0.25) is 0 Å². The third kappa shape index (κ3) is 4.97. The molecular formula is C17H22N2O3. The van der Waals surface area contributed by atoms with Gasteiger partial charge in [0.05, 0.1) is 0 Å². The molecule has 1 heterocycles. The highest BCUT2D eigenvalue weighted by molar-refractivity contribution is 5.66. The van der Waals surface area contributed by atoms with Crippen LogP contribution in [-0.4, -0.2) is 55.3 Å². The molecule has 0 aromatic heterocycles. The van der Waals surface area contributed by atoms with Crippen LogP contribution in [0, 0.1) is 12.3 Å². The first-order valence-corrected chi connectivity index (χ1v) is 7.54. The van der Waals surface area contributed by atoms with Crippen molar-refractivity contribution in [2.24, 2.45) is 0 Å². The van der Waals surface area contributed by atoms with Gasteiger partial charge in [-0.15, -0.1) is 6.42 Å². The summed E-state index contributed by atoms with van der Waals surface area (Å²) >= 11 is 0. The molecule has 0 bridgehead atoms. The Bertz CT molecular complexity index is 514. The van der Waals surface area contributed by atoms with Crippen molar-refractivity contribution >= 4 is 11.7 Å². The van der Waals surface area contributed by atoms with Gasteiger partial charge in [0.15, 0.2) is 0 Å². The number of rotatable bonds is 7. The Kier molecular flexibility index (Phi) is 6.11. The maximum atomic E-state index is 10.5. The fourth-order valence-electron chi connectivity index (χ4n) is 2.56. The van der Waals surface area contributed by atoms with Crippen molar-refractivity contribution in [1.82, 2.24) is 4.90 Å². The molecule has 118 valence electrons. The summed E-state index contributed by atoms with van der Waals surface area (Å²) in [7, 11) is 0. The quantitative estimate of drug-likeness (QED) is 0.777. The molecule has 1 N–H and O–H groups in total. The van der Waals surface area contributed by atoms with E-state index in [1.165, 1.54) is 5.69 Å². The summed E-state index contributed by atoms with van der Waals surface area (Å²) in [5.41, 5.74) is 1.18. The molecule has 5 heteroatoms. The van der Waals surface area contributed by atoms with E-state index in [1.54, 1.807) is 0 Å². The molecule has 1 aliphatic heterocycles. The van der Waals surface area contributed by atoms with Crippen LogP contribution in [0.15, 0.2) is 24.3 Å². The van der Waals surface area contributed by atoms with Gasteiger partial charge in [-0.3, -0.25) is 9.69 Å². The first-order chi connectivity index (χ1) is 10.7.